The molecule has 5 N–H and O–H groups in total. The summed E-state index contributed by atoms with van der Waals surface area (Å²) < 4.78 is 16.0. The van der Waals surface area contributed by atoms with Crippen LogP contribution in [0.1, 0.15) is 49.5 Å². The fourth-order valence-electron chi connectivity index (χ4n) is 5.71. The number of amides is 2. The van der Waals surface area contributed by atoms with E-state index in [1.807, 2.05) is 4.90 Å². The zero-order chi connectivity index (χ0) is 26.6. The molecule has 2 aliphatic rings. The number of quaternary nitrogens is 1. The van der Waals surface area contributed by atoms with Crippen LogP contribution in [0.3, 0.4) is 0 Å². The lowest BCUT2D eigenvalue weighted by molar-refractivity contribution is -0.948. The van der Waals surface area contributed by atoms with Crippen LogP contribution in [0.5, 0.6) is 11.5 Å². The fraction of sp³-hybridized carbons (Fsp3) is 0.577. The molecule has 0 aliphatic carbocycles. The van der Waals surface area contributed by atoms with E-state index in [0.29, 0.717) is 54.0 Å². The van der Waals surface area contributed by atoms with E-state index in [4.69, 9.17) is 19.9 Å². The molecule has 0 spiro atoms. The minimum Gasteiger partial charge on any atom is -0.493 e. The lowest BCUT2D eigenvalue weighted by atomic mass is 9.83. The summed E-state index contributed by atoms with van der Waals surface area (Å²) in [5.41, 5.74) is 6.44. The Balaban J connectivity index is 1.50. The maximum atomic E-state index is 13.2. The second kappa shape index (κ2) is 11.4. The Hall–Kier alpha value is -3.31. The highest BCUT2D eigenvalue weighted by Crippen LogP contribution is 2.37. The smallest absolute Gasteiger partial charge is 0.356 e. The molecule has 2 fully saturated rings. The molecule has 2 aromatic rings. The number of piperidine rings is 2. The Kier molecular flexibility index (Phi) is 8.23. The Morgan fingerprint density at radius 1 is 1.08 bits per heavy atom. The summed E-state index contributed by atoms with van der Waals surface area (Å²) in [5.74, 6) is -0.111. The molecule has 202 valence electrons. The number of primary amides is 1. The molecule has 0 atom stereocenters. The Labute approximate surface area is 216 Å². The average molecular weight is 517 g/mol. The fourth-order valence-corrected chi connectivity index (χ4v) is 5.71. The van der Waals surface area contributed by atoms with Crippen LogP contribution in [0, 0.1) is 0 Å². The molecular weight excluding hydrogens is 478 g/mol. The van der Waals surface area contributed by atoms with Gasteiger partial charge in [0.1, 0.15) is 5.69 Å². The van der Waals surface area contributed by atoms with Gasteiger partial charge in [0.05, 0.1) is 51.7 Å². The number of nitrogens with zero attached hydrogens (tertiary/aromatic N) is 1. The third kappa shape index (κ3) is 5.37. The second-order valence-electron chi connectivity index (χ2n) is 9.78. The summed E-state index contributed by atoms with van der Waals surface area (Å²) in [6, 6.07) is 3.43. The molecular formula is C26H38N5O6+. The number of ether oxygens (including phenoxy) is 3. The summed E-state index contributed by atoms with van der Waals surface area (Å²) in [4.78, 5) is 44.7. The van der Waals surface area contributed by atoms with Crippen LogP contribution in [0.15, 0.2) is 12.1 Å². The van der Waals surface area contributed by atoms with Crippen molar-refractivity contribution in [1.82, 2.24) is 9.88 Å². The molecule has 37 heavy (non-hydrogen) atoms. The van der Waals surface area contributed by atoms with E-state index in [1.54, 1.807) is 19.1 Å². The van der Waals surface area contributed by atoms with Crippen LogP contribution < -0.4 is 25.4 Å². The summed E-state index contributed by atoms with van der Waals surface area (Å²) in [5, 5.41) is 3.52. The standard InChI is InChI=1S/C26H37N5O6/c1-4-37-24(33)23-22(17-14-19(35-2)20(36-3)15-18(17)28-23)29-21(32)16-30-12-8-26(9-13-30,25(27)34)31-10-6-5-7-11-31/h14-15,28H,4-13,16H2,1-3H3,(H2,27,34)(H,29,32)/p+1. The molecule has 2 amide bonds. The van der Waals surface area contributed by atoms with Gasteiger partial charge in [-0.15, -0.1) is 0 Å². The number of nitrogens with one attached hydrogen (secondary N) is 3. The first-order valence-electron chi connectivity index (χ1n) is 12.9. The first-order chi connectivity index (χ1) is 17.8. The van der Waals surface area contributed by atoms with Gasteiger partial charge in [-0.2, -0.15) is 0 Å². The normalized spacial score (nSPS) is 18.4. The Bertz CT molecular complexity index is 1150. The number of aromatic amines is 1. The van der Waals surface area contributed by atoms with Crippen molar-refractivity contribution in [3.63, 3.8) is 0 Å². The van der Waals surface area contributed by atoms with Gasteiger partial charge in [0.25, 0.3) is 5.91 Å². The predicted octanol–water partition coefficient (Wildman–Crippen LogP) is 0.689. The molecule has 2 saturated heterocycles. The number of esters is 1. The minimum absolute atomic E-state index is 0.131. The van der Waals surface area contributed by atoms with Crippen molar-refractivity contribution in [3.8, 4) is 11.5 Å². The number of rotatable bonds is 9. The molecule has 4 rings (SSSR count). The minimum atomic E-state index is -0.569. The monoisotopic (exact) mass is 516 g/mol. The largest absolute Gasteiger partial charge is 0.493 e. The first kappa shape index (κ1) is 26.7. The van der Waals surface area contributed by atoms with Crippen molar-refractivity contribution in [2.24, 2.45) is 5.73 Å². The number of methoxy groups -OCH3 is 2. The van der Waals surface area contributed by atoms with Gasteiger partial charge in [-0.25, -0.2) is 4.79 Å². The summed E-state index contributed by atoms with van der Waals surface area (Å²) >= 11 is 0. The van der Waals surface area contributed by atoms with Crippen LogP contribution in [0.2, 0.25) is 0 Å². The first-order valence-corrected chi connectivity index (χ1v) is 12.9. The summed E-state index contributed by atoms with van der Waals surface area (Å²) in [6.07, 6.45) is 4.68. The van der Waals surface area contributed by atoms with E-state index < -0.39 is 11.5 Å². The van der Waals surface area contributed by atoms with Gasteiger partial charge < -0.3 is 35.1 Å². The van der Waals surface area contributed by atoms with E-state index in [2.05, 4.69) is 10.3 Å². The number of nitrogens with two attached hydrogens (primary N) is 1. The number of hydrogen-bond acceptors (Lipinski definition) is 7. The molecule has 1 aromatic carbocycles. The number of benzene rings is 1. The number of fused-ring (bicyclic) bond motifs is 1. The van der Waals surface area contributed by atoms with Crippen LogP contribution in [0.4, 0.5) is 5.69 Å². The third-order valence-electron chi connectivity index (χ3n) is 7.73. The number of aromatic nitrogens is 1. The predicted molar refractivity (Wildman–Crippen MR) is 138 cm³/mol. The SMILES string of the molecule is CCOC(=O)c1[nH]c2cc(OC)c(OC)cc2c1NC(=O)CN1CCC(C(N)=O)([NH+]2CCCCC2)CC1. The molecule has 0 saturated carbocycles. The van der Waals surface area contributed by atoms with E-state index in [0.717, 1.165) is 25.9 Å². The average Bonchev–Trinajstić information content (AvgIpc) is 3.25. The zero-order valence-electron chi connectivity index (χ0n) is 21.9. The highest BCUT2D eigenvalue weighted by Gasteiger charge is 2.49. The van der Waals surface area contributed by atoms with E-state index in [1.165, 1.54) is 25.5 Å². The van der Waals surface area contributed by atoms with Gasteiger partial charge in [-0.05, 0) is 32.3 Å². The lowest BCUT2D eigenvalue weighted by Gasteiger charge is -2.45. The maximum Gasteiger partial charge on any atom is 0.356 e. The van der Waals surface area contributed by atoms with Gasteiger partial charge in [0.2, 0.25) is 5.91 Å². The number of carbonyl (C=O) groups is 3. The number of anilines is 1. The molecule has 11 heteroatoms. The van der Waals surface area contributed by atoms with Gasteiger partial charge >= 0.3 is 5.97 Å². The number of H-pyrrole nitrogens is 1. The van der Waals surface area contributed by atoms with Gasteiger partial charge in [-0.1, -0.05) is 0 Å². The van der Waals surface area contributed by atoms with Gasteiger partial charge in [0.15, 0.2) is 17.0 Å². The molecule has 1 aromatic heterocycles. The molecule has 0 bridgehead atoms. The number of likely N-dealkylation sites (tertiary alicyclic amines) is 2. The topological polar surface area (TPSA) is 140 Å². The van der Waals surface area contributed by atoms with Gasteiger partial charge in [-0.3, -0.25) is 14.5 Å². The van der Waals surface area contributed by atoms with Crippen molar-refractivity contribution in [2.45, 2.75) is 44.6 Å². The van der Waals surface area contributed by atoms with Crippen LogP contribution in [0.25, 0.3) is 10.9 Å². The Morgan fingerprint density at radius 3 is 2.32 bits per heavy atom. The highest BCUT2D eigenvalue weighted by molar-refractivity contribution is 6.11. The van der Waals surface area contributed by atoms with E-state index >= 15 is 0 Å². The van der Waals surface area contributed by atoms with Crippen LogP contribution >= 0.6 is 0 Å². The number of carbonyl (C=O) groups excluding carboxylic acids is 3. The van der Waals surface area contributed by atoms with Crippen molar-refractivity contribution in [1.29, 1.82) is 0 Å². The van der Waals surface area contributed by atoms with Crippen LogP contribution in [-0.4, -0.2) is 86.8 Å². The van der Waals surface area contributed by atoms with E-state index in [-0.39, 0.29) is 30.7 Å². The summed E-state index contributed by atoms with van der Waals surface area (Å²) in [7, 11) is 3.05. The third-order valence-corrected chi connectivity index (χ3v) is 7.73. The molecule has 0 unspecified atom stereocenters. The highest BCUT2D eigenvalue weighted by atomic mass is 16.5. The number of hydrogen-bond donors (Lipinski definition) is 4. The van der Waals surface area contributed by atoms with Crippen molar-refractivity contribution in [2.75, 3.05) is 58.9 Å². The zero-order valence-corrected chi connectivity index (χ0v) is 21.9. The molecule has 11 nitrogen and oxygen atoms in total. The summed E-state index contributed by atoms with van der Waals surface area (Å²) in [6.45, 7) is 5.19. The lowest BCUT2D eigenvalue weighted by Crippen LogP contribution is -3.22. The Morgan fingerprint density at radius 2 is 1.73 bits per heavy atom. The van der Waals surface area contributed by atoms with Crippen LogP contribution in [-0.2, 0) is 14.3 Å². The second-order valence-corrected chi connectivity index (χ2v) is 9.78. The van der Waals surface area contributed by atoms with Crippen molar-refractivity contribution < 1.29 is 33.5 Å². The molecule has 3 heterocycles. The molecule has 2 aliphatic heterocycles. The van der Waals surface area contributed by atoms with Gasteiger partial charge in [0, 0.05) is 37.4 Å². The van der Waals surface area contributed by atoms with Crippen molar-refractivity contribution >= 4 is 34.4 Å². The molecule has 0 radical (unpaired) electrons. The maximum absolute atomic E-state index is 13.2. The van der Waals surface area contributed by atoms with E-state index in [9.17, 15) is 14.4 Å². The quantitative estimate of drug-likeness (QED) is 0.360. The van der Waals surface area contributed by atoms with Crippen molar-refractivity contribution in [3.05, 3.63) is 17.8 Å².